The number of aromatic nitrogens is 2. The summed E-state index contributed by atoms with van der Waals surface area (Å²) in [6.07, 6.45) is 2.40. The number of aliphatic carboxylic acids is 1. The Morgan fingerprint density at radius 3 is 2.30 bits per heavy atom. The van der Waals surface area contributed by atoms with Gasteiger partial charge in [-0.2, -0.15) is 0 Å². The average Bonchev–Trinajstić information content (AvgIpc) is 2.37. The molecule has 0 radical (unpaired) electrons. The molecule has 5 nitrogen and oxygen atoms in total. The molecule has 5 heteroatoms. The van der Waals surface area contributed by atoms with E-state index in [1.165, 1.54) is 0 Å². The zero-order valence-electron chi connectivity index (χ0n) is 12.8. The number of rotatable bonds is 8. The fraction of sp³-hybridized carbons (Fsp3) is 0.667. The Bertz CT molecular complexity index is 431. The minimum absolute atomic E-state index is 0.0732. The highest BCUT2D eigenvalue weighted by molar-refractivity contribution is 5.67. The maximum atomic E-state index is 10.7. The molecule has 0 saturated heterocycles. The van der Waals surface area contributed by atoms with Crippen molar-refractivity contribution >= 4 is 5.97 Å². The molecule has 1 rings (SSSR count). The van der Waals surface area contributed by atoms with Gasteiger partial charge in [-0.25, -0.2) is 9.97 Å². The number of carboxylic acids is 1. The van der Waals surface area contributed by atoms with Crippen molar-refractivity contribution in [3.05, 3.63) is 22.8 Å². The Kier molecular flexibility index (Phi) is 6.58. The Morgan fingerprint density at radius 1 is 1.25 bits per heavy atom. The molecule has 20 heavy (non-hydrogen) atoms. The molecule has 0 aromatic carbocycles. The van der Waals surface area contributed by atoms with Crippen LogP contribution in [0.1, 0.15) is 62.0 Å². The first-order valence-corrected chi connectivity index (χ1v) is 7.16. The third-order valence-corrected chi connectivity index (χ3v) is 3.23. The summed E-state index contributed by atoms with van der Waals surface area (Å²) in [5.41, 5.74) is 2.65. The van der Waals surface area contributed by atoms with Crippen molar-refractivity contribution in [2.75, 3.05) is 6.61 Å². The number of carboxylic acid groups (broad SMARTS) is 1. The van der Waals surface area contributed by atoms with Crippen LogP contribution in [0.2, 0.25) is 0 Å². The van der Waals surface area contributed by atoms with Gasteiger partial charge in [0.25, 0.3) is 0 Å². The van der Waals surface area contributed by atoms with Gasteiger partial charge in [-0.15, -0.1) is 0 Å². The van der Waals surface area contributed by atoms with E-state index in [2.05, 4.69) is 16.9 Å². The molecule has 0 fully saturated rings. The van der Waals surface area contributed by atoms with Crippen LogP contribution in [0.3, 0.4) is 0 Å². The second-order valence-electron chi connectivity index (χ2n) is 4.86. The lowest BCUT2D eigenvalue weighted by Gasteiger charge is -2.17. The number of carbonyl (C=O) groups is 1. The van der Waals surface area contributed by atoms with Crippen LogP contribution in [0.5, 0.6) is 0 Å². The van der Waals surface area contributed by atoms with E-state index in [0.29, 0.717) is 18.9 Å². The van der Waals surface area contributed by atoms with Crippen LogP contribution in [0.25, 0.3) is 0 Å². The summed E-state index contributed by atoms with van der Waals surface area (Å²) in [5, 5.41) is 8.78. The molecule has 0 aliphatic rings. The van der Waals surface area contributed by atoms with E-state index in [4.69, 9.17) is 9.84 Å². The first kappa shape index (κ1) is 16.6. The van der Waals surface area contributed by atoms with Gasteiger partial charge in [0.05, 0.1) is 0 Å². The summed E-state index contributed by atoms with van der Waals surface area (Å²) < 4.78 is 5.70. The van der Waals surface area contributed by atoms with Crippen molar-refractivity contribution in [3.8, 4) is 0 Å². The van der Waals surface area contributed by atoms with E-state index in [9.17, 15) is 4.79 Å². The van der Waals surface area contributed by atoms with E-state index in [-0.39, 0.29) is 12.5 Å². The molecule has 112 valence electrons. The van der Waals surface area contributed by atoms with Gasteiger partial charge < -0.3 is 9.84 Å². The van der Waals surface area contributed by atoms with Crippen molar-refractivity contribution < 1.29 is 14.6 Å². The number of ether oxygens (including phenoxy) is 1. The van der Waals surface area contributed by atoms with E-state index in [1.54, 1.807) is 0 Å². The summed E-state index contributed by atoms with van der Waals surface area (Å²) in [4.78, 5) is 19.7. The van der Waals surface area contributed by atoms with Gasteiger partial charge in [-0.1, -0.05) is 13.3 Å². The van der Waals surface area contributed by atoms with Crippen molar-refractivity contribution in [2.45, 2.75) is 59.5 Å². The fourth-order valence-corrected chi connectivity index (χ4v) is 2.25. The lowest BCUT2D eigenvalue weighted by Crippen LogP contribution is -2.13. The van der Waals surface area contributed by atoms with Gasteiger partial charge in [0, 0.05) is 24.4 Å². The van der Waals surface area contributed by atoms with Crippen LogP contribution in [-0.4, -0.2) is 27.7 Å². The van der Waals surface area contributed by atoms with E-state index in [1.807, 2.05) is 20.8 Å². The highest BCUT2D eigenvalue weighted by Gasteiger charge is 2.17. The molecule has 1 aromatic heterocycles. The topological polar surface area (TPSA) is 72.3 Å². The van der Waals surface area contributed by atoms with Crippen LogP contribution in [0.15, 0.2) is 0 Å². The molecule has 0 saturated carbocycles. The molecular formula is C15H24N2O3. The van der Waals surface area contributed by atoms with Gasteiger partial charge in [0.15, 0.2) is 5.82 Å². The Labute approximate surface area is 120 Å². The molecule has 1 heterocycles. The largest absolute Gasteiger partial charge is 0.481 e. The first-order valence-electron chi connectivity index (χ1n) is 7.16. The number of nitrogens with zero attached hydrogens (tertiary/aromatic N) is 2. The second-order valence-corrected chi connectivity index (χ2v) is 4.86. The molecule has 1 unspecified atom stereocenters. The van der Waals surface area contributed by atoms with Crippen molar-refractivity contribution in [3.63, 3.8) is 0 Å². The van der Waals surface area contributed by atoms with Crippen molar-refractivity contribution in [1.82, 2.24) is 9.97 Å². The Hall–Kier alpha value is -1.49. The summed E-state index contributed by atoms with van der Waals surface area (Å²) in [6, 6.07) is 0. The van der Waals surface area contributed by atoms with E-state index in [0.717, 1.165) is 29.8 Å². The molecule has 0 aliphatic carbocycles. The summed E-state index contributed by atoms with van der Waals surface area (Å²) in [5.74, 6) is -0.0890. The lowest BCUT2D eigenvalue weighted by molar-refractivity contribution is -0.136. The lowest BCUT2D eigenvalue weighted by atomic mass is 10.1. The van der Waals surface area contributed by atoms with E-state index < -0.39 is 5.97 Å². The minimum Gasteiger partial charge on any atom is -0.481 e. The molecule has 0 bridgehead atoms. The van der Waals surface area contributed by atoms with Crippen LogP contribution < -0.4 is 0 Å². The molecular weight excluding hydrogens is 256 g/mol. The molecule has 0 spiro atoms. The fourth-order valence-electron chi connectivity index (χ4n) is 2.25. The SMILES string of the molecule is CCCC(OCC)c1nc(C)c(CCC(=O)O)c(C)n1. The number of hydrogen-bond donors (Lipinski definition) is 1. The summed E-state index contributed by atoms with van der Waals surface area (Å²) in [7, 11) is 0. The number of hydrogen-bond acceptors (Lipinski definition) is 4. The highest BCUT2D eigenvalue weighted by atomic mass is 16.5. The van der Waals surface area contributed by atoms with Gasteiger partial charge >= 0.3 is 5.97 Å². The third-order valence-electron chi connectivity index (χ3n) is 3.23. The Morgan fingerprint density at radius 2 is 1.85 bits per heavy atom. The van der Waals surface area contributed by atoms with Crippen LogP contribution >= 0.6 is 0 Å². The van der Waals surface area contributed by atoms with Crippen molar-refractivity contribution in [2.24, 2.45) is 0 Å². The first-order chi connectivity index (χ1) is 9.49. The average molecular weight is 280 g/mol. The second kappa shape index (κ2) is 7.94. The predicted octanol–water partition coefficient (Wildman–Crippen LogP) is 2.99. The maximum absolute atomic E-state index is 10.7. The monoisotopic (exact) mass is 280 g/mol. The van der Waals surface area contributed by atoms with Gasteiger partial charge in [-0.3, -0.25) is 4.79 Å². The van der Waals surface area contributed by atoms with Gasteiger partial charge in [-0.05, 0) is 39.2 Å². The van der Waals surface area contributed by atoms with Crippen LogP contribution in [0, 0.1) is 13.8 Å². The summed E-state index contributed by atoms with van der Waals surface area (Å²) in [6.45, 7) is 8.51. The van der Waals surface area contributed by atoms with E-state index >= 15 is 0 Å². The molecule has 1 N–H and O–H groups in total. The molecule has 0 amide bonds. The smallest absolute Gasteiger partial charge is 0.303 e. The molecule has 1 atom stereocenters. The molecule has 1 aromatic rings. The predicted molar refractivity (Wildman–Crippen MR) is 76.7 cm³/mol. The van der Waals surface area contributed by atoms with Crippen LogP contribution in [-0.2, 0) is 16.0 Å². The van der Waals surface area contributed by atoms with Crippen molar-refractivity contribution in [1.29, 1.82) is 0 Å². The normalized spacial score (nSPS) is 12.4. The van der Waals surface area contributed by atoms with Gasteiger partial charge in [0.1, 0.15) is 6.10 Å². The Balaban J connectivity index is 2.98. The standard InChI is InChI=1S/C15H24N2O3/c1-5-7-13(20-6-2)15-16-10(3)12(11(4)17-15)8-9-14(18)19/h13H,5-9H2,1-4H3,(H,18,19). The molecule has 0 aliphatic heterocycles. The number of aryl methyl sites for hydroxylation is 2. The van der Waals surface area contributed by atoms with Gasteiger partial charge in [0.2, 0.25) is 0 Å². The zero-order chi connectivity index (χ0) is 15.1. The van der Waals surface area contributed by atoms with Crippen LogP contribution in [0.4, 0.5) is 0 Å². The maximum Gasteiger partial charge on any atom is 0.303 e. The zero-order valence-corrected chi connectivity index (χ0v) is 12.8. The highest BCUT2D eigenvalue weighted by Crippen LogP contribution is 2.22. The summed E-state index contributed by atoms with van der Waals surface area (Å²) >= 11 is 0. The minimum atomic E-state index is -0.800. The quantitative estimate of drug-likeness (QED) is 0.792. The third kappa shape index (κ3) is 4.56.